The first-order valence-electron chi connectivity index (χ1n) is 4.57. The molecule has 1 aromatic rings. The highest BCUT2D eigenvalue weighted by molar-refractivity contribution is 5.85. The number of nitrogens with one attached hydrogen (secondary N) is 1. The maximum absolute atomic E-state index is 11.4. The molecular formula is C8H12ClN5O4. The zero-order valence-electron chi connectivity index (χ0n) is 9.67. The normalized spacial score (nSPS) is 9.44. The van der Waals surface area contributed by atoms with E-state index in [2.05, 4.69) is 4.98 Å². The number of hydrogen-bond acceptors (Lipinski definition) is 7. The van der Waals surface area contributed by atoms with Gasteiger partial charge in [-0.2, -0.15) is 4.98 Å². The fraction of sp³-hybridized carbons (Fsp3) is 0.375. The summed E-state index contributed by atoms with van der Waals surface area (Å²) in [5.41, 5.74) is 3.61. The van der Waals surface area contributed by atoms with E-state index < -0.39 is 16.2 Å². The maximum atomic E-state index is 11.4. The summed E-state index contributed by atoms with van der Waals surface area (Å²) in [6.45, 7) is 1.22. The Labute approximate surface area is 108 Å². The molecule has 0 bridgehead atoms. The Morgan fingerprint density at radius 1 is 1.61 bits per heavy atom. The van der Waals surface area contributed by atoms with Crippen molar-refractivity contribution < 1.29 is 9.72 Å². The van der Waals surface area contributed by atoms with Gasteiger partial charge in [-0.3, -0.25) is 24.7 Å². The van der Waals surface area contributed by atoms with Gasteiger partial charge in [0.1, 0.15) is 5.78 Å². The number of likely N-dealkylation sites (N-methyl/N-ethyl adjacent to an activating group) is 1. The predicted molar refractivity (Wildman–Crippen MR) is 67.1 cm³/mol. The fourth-order valence-corrected chi connectivity index (χ4v) is 1.31. The molecule has 0 spiro atoms. The van der Waals surface area contributed by atoms with Gasteiger partial charge in [0.2, 0.25) is 11.8 Å². The average Bonchev–Trinajstić information content (AvgIpc) is 2.14. The number of carbonyl (C=O) groups excluding carboxylic acids is 1. The van der Waals surface area contributed by atoms with Crippen LogP contribution in [0.4, 0.5) is 17.5 Å². The van der Waals surface area contributed by atoms with E-state index in [1.54, 1.807) is 0 Å². The lowest BCUT2D eigenvalue weighted by atomic mass is 10.3. The van der Waals surface area contributed by atoms with E-state index in [1.807, 2.05) is 4.98 Å². The van der Waals surface area contributed by atoms with Gasteiger partial charge in [0.05, 0.1) is 11.5 Å². The van der Waals surface area contributed by atoms with E-state index in [0.29, 0.717) is 0 Å². The highest BCUT2D eigenvalue weighted by Crippen LogP contribution is 2.20. The quantitative estimate of drug-likeness (QED) is 0.570. The Bertz CT molecular complexity index is 529. The average molecular weight is 278 g/mol. The number of aromatic nitrogens is 2. The van der Waals surface area contributed by atoms with Crippen LogP contribution in [0.25, 0.3) is 0 Å². The number of carbonyl (C=O) groups is 1. The largest absolute Gasteiger partial charge is 0.375 e. The van der Waals surface area contributed by atoms with Crippen LogP contribution in [0.5, 0.6) is 0 Å². The Balaban J connectivity index is 0.00000289. The molecule has 0 radical (unpaired) electrons. The number of halogens is 1. The molecule has 0 fully saturated rings. The van der Waals surface area contributed by atoms with Crippen molar-refractivity contribution in [1.82, 2.24) is 9.97 Å². The molecule has 18 heavy (non-hydrogen) atoms. The first-order chi connectivity index (χ1) is 7.82. The van der Waals surface area contributed by atoms with Gasteiger partial charge in [0, 0.05) is 7.05 Å². The third kappa shape index (κ3) is 3.42. The van der Waals surface area contributed by atoms with E-state index in [0.717, 1.165) is 0 Å². The summed E-state index contributed by atoms with van der Waals surface area (Å²) in [4.78, 5) is 39.0. The topological polar surface area (TPSA) is 135 Å². The number of nitrogens with zero attached hydrogens (tertiary/aromatic N) is 3. The lowest BCUT2D eigenvalue weighted by molar-refractivity contribution is -0.385. The lowest BCUT2D eigenvalue weighted by Crippen LogP contribution is -2.29. The van der Waals surface area contributed by atoms with Gasteiger partial charge in [-0.05, 0) is 6.92 Å². The van der Waals surface area contributed by atoms with Gasteiger partial charge in [-0.1, -0.05) is 0 Å². The van der Waals surface area contributed by atoms with Crippen LogP contribution >= 0.6 is 12.4 Å². The van der Waals surface area contributed by atoms with Gasteiger partial charge < -0.3 is 10.6 Å². The lowest BCUT2D eigenvalue weighted by Gasteiger charge is -2.15. The van der Waals surface area contributed by atoms with Crippen LogP contribution < -0.4 is 16.2 Å². The van der Waals surface area contributed by atoms with E-state index in [4.69, 9.17) is 5.73 Å². The Morgan fingerprint density at radius 3 is 2.61 bits per heavy atom. The summed E-state index contributed by atoms with van der Waals surface area (Å²) in [6, 6.07) is 0. The molecule has 0 saturated carbocycles. The molecule has 10 heteroatoms. The van der Waals surface area contributed by atoms with E-state index in [-0.39, 0.29) is 36.5 Å². The molecule has 0 aliphatic carbocycles. The molecule has 0 amide bonds. The number of anilines is 2. The number of rotatable bonds is 4. The van der Waals surface area contributed by atoms with Gasteiger partial charge in [-0.15, -0.1) is 12.4 Å². The standard InChI is InChI=1S/C8H11N5O4.ClH/c1-4(14)3-12(2)6-5(13(16)17)7(15)11-8(9)10-6;/h3H2,1-2H3,(H3,9,10,11,15);1H. The number of nitro groups is 1. The van der Waals surface area contributed by atoms with Crippen LogP contribution in [0.3, 0.4) is 0 Å². The molecule has 1 heterocycles. The van der Waals surface area contributed by atoms with Gasteiger partial charge in [0.25, 0.3) is 0 Å². The summed E-state index contributed by atoms with van der Waals surface area (Å²) >= 11 is 0. The molecule has 1 rings (SSSR count). The number of ketones is 1. The van der Waals surface area contributed by atoms with E-state index >= 15 is 0 Å². The fourth-order valence-electron chi connectivity index (χ4n) is 1.31. The molecule has 3 N–H and O–H groups in total. The molecule has 0 saturated heterocycles. The van der Waals surface area contributed by atoms with Crippen LogP contribution in [0.2, 0.25) is 0 Å². The molecule has 0 aliphatic rings. The van der Waals surface area contributed by atoms with Gasteiger partial charge in [-0.25, -0.2) is 0 Å². The molecular weight excluding hydrogens is 266 g/mol. The second kappa shape index (κ2) is 5.96. The first kappa shape index (κ1) is 15.8. The van der Waals surface area contributed by atoms with Crippen LogP contribution in [-0.2, 0) is 4.79 Å². The predicted octanol–water partition coefficient (Wildman–Crippen LogP) is -0.293. The summed E-state index contributed by atoms with van der Waals surface area (Å²) < 4.78 is 0. The van der Waals surface area contributed by atoms with Crippen molar-refractivity contribution in [2.75, 3.05) is 24.2 Å². The highest BCUT2D eigenvalue weighted by atomic mass is 35.5. The van der Waals surface area contributed by atoms with Crippen molar-refractivity contribution >= 4 is 35.6 Å². The van der Waals surface area contributed by atoms with Crippen LogP contribution in [0, 0.1) is 10.1 Å². The number of hydrogen-bond donors (Lipinski definition) is 2. The SMILES string of the molecule is CC(=O)CN(C)c1nc(N)[nH]c(=O)c1[N+](=O)[O-].Cl. The number of nitrogen functional groups attached to an aromatic ring is 1. The minimum atomic E-state index is -0.951. The molecule has 0 unspecified atom stereocenters. The zero-order chi connectivity index (χ0) is 13.2. The first-order valence-corrected chi connectivity index (χ1v) is 4.57. The van der Waals surface area contributed by atoms with Crippen molar-refractivity contribution in [2.45, 2.75) is 6.92 Å². The zero-order valence-corrected chi connectivity index (χ0v) is 10.5. The molecule has 100 valence electrons. The van der Waals surface area contributed by atoms with Crippen molar-refractivity contribution in [3.05, 3.63) is 20.5 Å². The summed E-state index contributed by atoms with van der Waals surface area (Å²) in [7, 11) is 1.41. The third-order valence-corrected chi connectivity index (χ3v) is 1.90. The van der Waals surface area contributed by atoms with Crippen molar-refractivity contribution in [3.8, 4) is 0 Å². The summed E-state index contributed by atoms with van der Waals surface area (Å²) in [5.74, 6) is -0.695. The summed E-state index contributed by atoms with van der Waals surface area (Å²) in [6.07, 6.45) is 0. The van der Waals surface area contributed by atoms with E-state index in [1.165, 1.54) is 18.9 Å². The minimum absolute atomic E-state index is 0. The van der Waals surface area contributed by atoms with Crippen LogP contribution in [-0.4, -0.2) is 34.3 Å². The highest BCUT2D eigenvalue weighted by Gasteiger charge is 2.25. The van der Waals surface area contributed by atoms with Gasteiger partial charge >= 0.3 is 11.2 Å². The second-order valence-corrected chi connectivity index (χ2v) is 3.44. The Hall–Kier alpha value is -2.16. The van der Waals surface area contributed by atoms with Crippen molar-refractivity contribution in [2.24, 2.45) is 0 Å². The summed E-state index contributed by atoms with van der Waals surface area (Å²) in [5, 5.41) is 10.7. The van der Waals surface area contributed by atoms with Crippen LogP contribution in [0.15, 0.2) is 4.79 Å². The third-order valence-electron chi connectivity index (χ3n) is 1.90. The number of nitrogens with two attached hydrogens (primary N) is 1. The smallest absolute Gasteiger partial charge is 0.369 e. The maximum Gasteiger partial charge on any atom is 0.375 e. The monoisotopic (exact) mass is 277 g/mol. The second-order valence-electron chi connectivity index (χ2n) is 3.44. The number of H-pyrrole nitrogens is 1. The van der Waals surface area contributed by atoms with E-state index in [9.17, 15) is 19.7 Å². The number of Topliss-reactive ketones (excluding diaryl/α,β-unsaturated/α-hetero) is 1. The molecule has 1 aromatic heterocycles. The Kier molecular flexibility index (Phi) is 5.24. The molecule has 0 aromatic carbocycles. The molecule has 0 aliphatic heterocycles. The van der Waals surface area contributed by atoms with Crippen molar-refractivity contribution in [3.63, 3.8) is 0 Å². The molecule has 9 nitrogen and oxygen atoms in total. The number of aromatic amines is 1. The van der Waals surface area contributed by atoms with Crippen LogP contribution in [0.1, 0.15) is 6.92 Å². The van der Waals surface area contributed by atoms with Gasteiger partial charge in [0.15, 0.2) is 0 Å². The molecule has 0 atom stereocenters. The Morgan fingerprint density at radius 2 is 2.17 bits per heavy atom. The minimum Gasteiger partial charge on any atom is -0.369 e. The van der Waals surface area contributed by atoms with Crippen molar-refractivity contribution in [1.29, 1.82) is 0 Å².